The number of β-amino-alcohol motifs (C(OH)–C–C–N with tert-alkyl or cyclic N) is 1. The topological polar surface area (TPSA) is 84.8 Å². The molecule has 0 aromatic rings. The fourth-order valence-corrected chi connectivity index (χ4v) is 0.923. The number of hydrazine groups is 1. The maximum absolute atomic E-state index is 9.12. The van der Waals surface area contributed by atoms with Crippen LogP contribution >= 0.6 is 0 Å². The Kier molecular flexibility index (Phi) is 2.58. The Hall–Kier alpha value is -0.200. The monoisotopic (exact) mass is 148 g/mol. The average Bonchev–Trinajstić information content (AvgIpc) is 1.95. The minimum absolute atomic E-state index is 0.189. The SMILES string of the molecule is OC[C@@H]1NNC[C@H](O)[C@H]1O. The van der Waals surface area contributed by atoms with Crippen LogP contribution in [0.4, 0.5) is 0 Å². The van der Waals surface area contributed by atoms with Gasteiger partial charge < -0.3 is 15.3 Å². The first-order chi connectivity index (χ1) is 4.75. The Bertz CT molecular complexity index is 111. The minimum Gasteiger partial charge on any atom is -0.395 e. The summed E-state index contributed by atoms with van der Waals surface area (Å²) < 4.78 is 0. The summed E-state index contributed by atoms with van der Waals surface area (Å²) in [5, 5.41) is 26.7. The van der Waals surface area contributed by atoms with Gasteiger partial charge >= 0.3 is 0 Å². The van der Waals surface area contributed by atoms with E-state index < -0.39 is 18.2 Å². The molecule has 60 valence electrons. The Morgan fingerprint density at radius 1 is 1.40 bits per heavy atom. The second-order valence-electron chi connectivity index (χ2n) is 2.37. The Balaban J connectivity index is 2.42. The lowest BCUT2D eigenvalue weighted by Crippen LogP contribution is -2.62. The van der Waals surface area contributed by atoms with Crippen molar-refractivity contribution in [3.05, 3.63) is 0 Å². The number of aliphatic hydroxyl groups excluding tert-OH is 3. The van der Waals surface area contributed by atoms with Gasteiger partial charge in [0.25, 0.3) is 0 Å². The summed E-state index contributed by atoms with van der Waals surface area (Å²) in [5.74, 6) is 0. The maximum Gasteiger partial charge on any atom is 0.100 e. The second-order valence-corrected chi connectivity index (χ2v) is 2.37. The fraction of sp³-hybridized carbons (Fsp3) is 1.00. The van der Waals surface area contributed by atoms with Gasteiger partial charge in [-0.15, -0.1) is 0 Å². The van der Waals surface area contributed by atoms with Crippen molar-refractivity contribution in [2.24, 2.45) is 0 Å². The van der Waals surface area contributed by atoms with Gasteiger partial charge in [0.05, 0.1) is 18.8 Å². The molecule has 1 fully saturated rings. The first-order valence-electron chi connectivity index (χ1n) is 3.21. The first kappa shape index (κ1) is 7.90. The van der Waals surface area contributed by atoms with Crippen LogP contribution in [0.1, 0.15) is 0 Å². The molecule has 5 N–H and O–H groups in total. The molecule has 0 aromatic carbocycles. The Morgan fingerprint density at radius 3 is 2.60 bits per heavy atom. The lowest BCUT2D eigenvalue weighted by atomic mass is 10.1. The predicted molar refractivity (Wildman–Crippen MR) is 34.0 cm³/mol. The van der Waals surface area contributed by atoms with E-state index in [1.54, 1.807) is 0 Å². The molecule has 0 unspecified atom stereocenters. The van der Waals surface area contributed by atoms with Gasteiger partial charge in [-0.3, -0.25) is 5.43 Å². The van der Waals surface area contributed by atoms with Crippen LogP contribution in [0, 0.1) is 0 Å². The summed E-state index contributed by atoms with van der Waals surface area (Å²) >= 11 is 0. The summed E-state index contributed by atoms with van der Waals surface area (Å²) in [6, 6.07) is -0.469. The van der Waals surface area contributed by atoms with Crippen molar-refractivity contribution in [3.63, 3.8) is 0 Å². The minimum atomic E-state index is -0.883. The largest absolute Gasteiger partial charge is 0.395 e. The Labute approximate surface area is 58.6 Å². The molecule has 0 aliphatic carbocycles. The van der Waals surface area contributed by atoms with Crippen molar-refractivity contribution in [1.82, 2.24) is 10.9 Å². The maximum atomic E-state index is 9.12. The van der Waals surface area contributed by atoms with Crippen LogP contribution in [0.2, 0.25) is 0 Å². The van der Waals surface area contributed by atoms with E-state index >= 15 is 0 Å². The van der Waals surface area contributed by atoms with Crippen LogP contribution in [-0.2, 0) is 0 Å². The van der Waals surface area contributed by atoms with Gasteiger partial charge in [0.2, 0.25) is 0 Å². The quantitative estimate of drug-likeness (QED) is 0.277. The van der Waals surface area contributed by atoms with E-state index in [-0.39, 0.29) is 6.61 Å². The van der Waals surface area contributed by atoms with Crippen LogP contribution in [0.25, 0.3) is 0 Å². The van der Waals surface area contributed by atoms with Crippen molar-refractivity contribution in [1.29, 1.82) is 0 Å². The first-order valence-corrected chi connectivity index (χ1v) is 3.21. The van der Waals surface area contributed by atoms with E-state index in [1.807, 2.05) is 0 Å². The molecule has 1 aliphatic rings. The van der Waals surface area contributed by atoms with Crippen LogP contribution in [0.3, 0.4) is 0 Å². The molecular formula is C5H12N2O3. The van der Waals surface area contributed by atoms with Gasteiger partial charge in [-0.05, 0) is 0 Å². The molecular weight excluding hydrogens is 136 g/mol. The predicted octanol–water partition coefficient (Wildman–Crippen LogP) is -2.82. The molecule has 0 spiro atoms. The van der Waals surface area contributed by atoms with E-state index in [0.717, 1.165) is 0 Å². The fourth-order valence-electron chi connectivity index (χ4n) is 0.923. The zero-order chi connectivity index (χ0) is 7.56. The third kappa shape index (κ3) is 1.44. The molecule has 0 aromatic heterocycles. The lowest BCUT2D eigenvalue weighted by Gasteiger charge is -2.31. The molecule has 1 aliphatic heterocycles. The third-order valence-electron chi connectivity index (χ3n) is 1.60. The van der Waals surface area contributed by atoms with Gasteiger partial charge in [-0.25, -0.2) is 5.43 Å². The highest BCUT2D eigenvalue weighted by atomic mass is 16.3. The number of aliphatic hydroxyl groups is 3. The van der Waals surface area contributed by atoms with Crippen LogP contribution in [-0.4, -0.2) is 46.7 Å². The van der Waals surface area contributed by atoms with E-state index in [0.29, 0.717) is 6.54 Å². The summed E-state index contributed by atoms with van der Waals surface area (Å²) in [5.41, 5.74) is 5.28. The highest BCUT2D eigenvalue weighted by molar-refractivity contribution is 4.84. The van der Waals surface area contributed by atoms with Crippen molar-refractivity contribution >= 4 is 0 Å². The molecule has 5 nitrogen and oxygen atoms in total. The zero-order valence-electron chi connectivity index (χ0n) is 5.49. The van der Waals surface area contributed by atoms with Crippen LogP contribution in [0.5, 0.6) is 0 Å². The molecule has 3 atom stereocenters. The van der Waals surface area contributed by atoms with Gasteiger partial charge in [0, 0.05) is 6.54 Å². The summed E-state index contributed by atoms with van der Waals surface area (Å²) in [6.07, 6.45) is -1.68. The Morgan fingerprint density at radius 2 is 2.10 bits per heavy atom. The summed E-state index contributed by atoms with van der Waals surface area (Å²) in [7, 11) is 0. The van der Waals surface area contributed by atoms with Crippen LogP contribution < -0.4 is 10.9 Å². The molecule has 10 heavy (non-hydrogen) atoms. The molecule has 1 heterocycles. The van der Waals surface area contributed by atoms with Crippen molar-refractivity contribution < 1.29 is 15.3 Å². The third-order valence-corrected chi connectivity index (χ3v) is 1.60. The van der Waals surface area contributed by atoms with Crippen molar-refractivity contribution in [3.8, 4) is 0 Å². The number of hydrogen-bond acceptors (Lipinski definition) is 5. The smallest absolute Gasteiger partial charge is 0.100 e. The number of hydrogen-bond donors (Lipinski definition) is 5. The normalized spacial score (nSPS) is 41.7. The molecule has 5 heteroatoms. The highest BCUT2D eigenvalue weighted by Crippen LogP contribution is 2.01. The molecule has 0 saturated carbocycles. The van der Waals surface area contributed by atoms with Gasteiger partial charge in [-0.1, -0.05) is 0 Å². The average molecular weight is 148 g/mol. The van der Waals surface area contributed by atoms with Crippen molar-refractivity contribution in [2.45, 2.75) is 18.2 Å². The molecule has 1 saturated heterocycles. The highest BCUT2D eigenvalue weighted by Gasteiger charge is 2.29. The van der Waals surface area contributed by atoms with Gasteiger partial charge in [0.1, 0.15) is 6.10 Å². The van der Waals surface area contributed by atoms with Gasteiger partial charge in [-0.2, -0.15) is 0 Å². The standard InChI is InChI=1S/C5H12N2O3/c8-2-3-5(10)4(9)1-6-7-3/h3-10H,1-2H2/t3-,4-,5-/m0/s1. The molecule has 0 amide bonds. The molecule has 0 bridgehead atoms. The van der Waals surface area contributed by atoms with E-state index in [9.17, 15) is 0 Å². The van der Waals surface area contributed by atoms with Crippen molar-refractivity contribution in [2.75, 3.05) is 13.2 Å². The summed E-state index contributed by atoms with van der Waals surface area (Å²) in [6.45, 7) is 0.114. The second kappa shape index (κ2) is 3.27. The van der Waals surface area contributed by atoms with Crippen LogP contribution in [0.15, 0.2) is 0 Å². The van der Waals surface area contributed by atoms with E-state index in [1.165, 1.54) is 0 Å². The molecule has 0 radical (unpaired) electrons. The summed E-state index contributed by atoms with van der Waals surface area (Å²) in [4.78, 5) is 0. The lowest BCUT2D eigenvalue weighted by molar-refractivity contribution is -0.0433. The van der Waals surface area contributed by atoms with E-state index in [2.05, 4.69) is 10.9 Å². The van der Waals surface area contributed by atoms with Gasteiger partial charge in [0.15, 0.2) is 0 Å². The molecule has 1 rings (SSSR count). The zero-order valence-corrected chi connectivity index (χ0v) is 5.49. The number of rotatable bonds is 1. The van der Waals surface area contributed by atoms with E-state index in [4.69, 9.17) is 15.3 Å². The number of nitrogens with one attached hydrogen (secondary N) is 2.